The van der Waals surface area contributed by atoms with Gasteiger partial charge in [-0.2, -0.15) is 0 Å². The van der Waals surface area contributed by atoms with E-state index in [1.54, 1.807) is 0 Å². The quantitative estimate of drug-likeness (QED) is 0.231. The van der Waals surface area contributed by atoms with E-state index in [9.17, 15) is 9.59 Å². The molecule has 0 saturated carbocycles. The number of aromatic nitrogens is 3. The molecule has 1 heterocycles. The smallest absolute Gasteiger partial charge is 0.350 e. The number of primary amides is 2. The number of hydrogen-bond donors (Lipinski definition) is 4. The minimum absolute atomic E-state index is 0.0841. The van der Waals surface area contributed by atoms with Crippen LogP contribution in [-0.2, 0) is 0 Å². The van der Waals surface area contributed by atoms with E-state index in [1.165, 1.54) is 0 Å². The Morgan fingerprint density at radius 1 is 1.27 bits per heavy atom. The number of amides is 4. The third-order valence-electron chi connectivity index (χ3n) is 1.37. The number of urea groups is 2. The average molecular weight is 215 g/mol. The Balaban J connectivity index is 2.89. The lowest BCUT2D eigenvalue weighted by molar-refractivity contribution is 0.245. The molecule has 82 valence electrons. The second-order valence-corrected chi connectivity index (χ2v) is 2.36. The van der Waals surface area contributed by atoms with Crippen LogP contribution < -0.4 is 33.3 Å². The number of carbonyl (C=O) groups excluding carboxylic acids is 2. The highest BCUT2D eigenvalue weighted by molar-refractivity contribution is 5.88. The molecule has 8 N–H and O–H groups in total. The van der Waals surface area contributed by atoms with Crippen molar-refractivity contribution in [3.05, 3.63) is 6.20 Å². The van der Waals surface area contributed by atoms with Gasteiger partial charge in [0.15, 0.2) is 5.82 Å². The van der Waals surface area contributed by atoms with Gasteiger partial charge in [-0.1, -0.05) is 4.91 Å². The molecule has 0 atom stereocenters. The van der Waals surface area contributed by atoms with Crippen molar-refractivity contribution in [2.24, 2.45) is 23.2 Å². The molecule has 0 aliphatic carbocycles. The molecule has 0 unspecified atom stereocenters. The topological polar surface area (TPSA) is 175 Å². The van der Waals surface area contributed by atoms with E-state index in [4.69, 9.17) is 23.2 Å². The number of hydrazine groups is 2. The van der Waals surface area contributed by atoms with Crippen LogP contribution in [0.15, 0.2) is 6.20 Å². The summed E-state index contributed by atoms with van der Waals surface area (Å²) in [6.45, 7) is 0. The molecule has 1 rings (SSSR count). The van der Waals surface area contributed by atoms with Gasteiger partial charge in [-0.25, -0.2) is 26.3 Å². The van der Waals surface area contributed by atoms with E-state index in [1.807, 2.05) is 0 Å². The van der Waals surface area contributed by atoms with Crippen LogP contribution in [0.25, 0.3) is 0 Å². The Hall–Kier alpha value is -2.40. The monoisotopic (exact) mass is 215 g/mol. The Morgan fingerprint density at radius 2 is 1.87 bits per heavy atom. The maximum atomic E-state index is 10.6. The predicted octanol–water partition coefficient (Wildman–Crippen LogP) is -3.07. The largest absolute Gasteiger partial charge is 0.351 e. The normalized spacial score (nSPS) is 9.73. The summed E-state index contributed by atoms with van der Waals surface area (Å²) in [6, 6.07) is -1.93. The van der Waals surface area contributed by atoms with Crippen molar-refractivity contribution in [1.29, 1.82) is 0 Å². The van der Waals surface area contributed by atoms with Crippen molar-refractivity contribution >= 4 is 17.9 Å². The summed E-state index contributed by atoms with van der Waals surface area (Å²) in [4.78, 5) is 21.9. The number of nitrogens with zero attached hydrogens (tertiary/aromatic N) is 5. The molecular weight excluding hydrogens is 206 g/mol. The highest BCUT2D eigenvalue weighted by Crippen LogP contribution is 2.02. The Bertz CT molecular complexity index is 351. The van der Waals surface area contributed by atoms with Crippen molar-refractivity contribution in [3.8, 4) is 0 Å². The van der Waals surface area contributed by atoms with Crippen LogP contribution in [0.4, 0.5) is 15.4 Å². The molecule has 0 spiro atoms. The Kier molecular flexibility index (Phi) is 2.68. The van der Waals surface area contributed by atoms with Gasteiger partial charge >= 0.3 is 12.1 Å². The van der Waals surface area contributed by atoms with Crippen LogP contribution in [0.3, 0.4) is 0 Å². The number of nitrogens with two attached hydrogens (primary N) is 4. The first-order chi connectivity index (χ1) is 6.93. The fourth-order valence-corrected chi connectivity index (χ4v) is 0.662. The minimum atomic E-state index is -0.986. The third kappa shape index (κ3) is 2.09. The highest BCUT2D eigenvalue weighted by atomic mass is 16.2. The predicted molar refractivity (Wildman–Crippen MR) is 48.3 cm³/mol. The van der Waals surface area contributed by atoms with Crippen LogP contribution >= 0.6 is 0 Å². The van der Waals surface area contributed by atoms with Crippen molar-refractivity contribution in [1.82, 2.24) is 15.1 Å². The van der Waals surface area contributed by atoms with Crippen molar-refractivity contribution in [2.45, 2.75) is 0 Å². The van der Waals surface area contributed by atoms with E-state index in [2.05, 4.69) is 10.2 Å². The van der Waals surface area contributed by atoms with Gasteiger partial charge in [-0.15, -0.1) is 15.3 Å². The lowest BCUT2D eigenvalue weighted by atomic mass is 10.7. The maximum absolute atomic E-state index is 10.6. The van der Waals surface area contributed by atoms with Crippen LogP contribution in [0.1, 0.15) is 0 Å². The van der Waals surface area contributed by atoms with E-state index < -0.39 is 12.1 Å². The maximum Gasteiger partial charge on any atom is 0.351 e. The van der Waals surface area contributed by atoms with Crippen LogP contribution in [0.2, 0.25) is 0 Å². The molecule has 11 nitrogen and oxygen atoms in total. The molecule has 0 saturated heterocycles. The standard InChI is InChI=1S/C4H9N9O2/c5-3(14)11(7)2-1-9-13(10-2)12(8)4(6)15/h1H,7-8H2,(H2,5,14)(H2,6,15). The molecule has 0 aliphatic rings. The van der Waals surface area contributed by atoms with Crippen LogP contribution in [0.5, 0.6) is 0 Å². The molecule has 15 heavy (non-hydrogen) atoms. The second-order valence-electron chi connectivity index (χ2n) is 2.36. The van der Waals surface area contributed by atoms with Gasteiger partial charge < -0.3 is 11.5 Å². The summed E-state index contributed by atoms with van der Waals surface area (Å²) in [5, 5.41) is 8.02. The zero-order chi connectivity index (χ0) is 11.6. The molecule has 1 aromatic heterocycles. The molecule has 11 heteroatoms. The van der Waals surface area contributed by atoms with Gasteiger partial charge in [0.2, 0.25) is 0 Å². The first kappa shape index (κ1) is 10.7. The molecule has 0 aromatic carbocycles. The van der Waals surface area contributed by atoms with Gasteiger partial charge in [0, 0.05) is 0 Å². The molecule has 0 radical (unpaired) electrons. The van der Waals surface area contributed by atoms with Gasteiger partial charge in [0.1, 0.15) is 0 Å². The van der Waals surface area contributed by atoms with Crippen molar-refractivity contribution < 1.29 is 9.59 Å². The summed E-state index contributed by atoms with van der Waals surface area (Å²) in [5.74, 6) is 10.3. The van der Waals surface area contributed by atoms with E-state index in [0.717, 1.165) is 6.20 Å². The summed E-state index contributed by atoms with van der Waals surface area (Å²) in [7, 11) is 0. The van der Waals surface area contributed by atoms with E-state index >= 15 is 0 Å². The molecule has 0 bridgehead atoms. The average Bonchev–Trinajstić information content (AvgIpc) is 2.63. The van der Waals surface area contributed by atoms with E-state index in [0.29, 0.717) is 15.0 Å². The molecule has 0 aliphatic heterocycles. The Labute approximate surface area is 83.1 Å². The van der Waals surface area contributed by atoms with Crippen molar-refractivity contribution in [3.63, 3.8) is 0 Å². The van der Waals surface area contributed by atoms with Gasteiger partial charge in [0.25, 0.3) is 0 Å². The summed E-state index contributed by atoms with van der Waals surface area (Å²) < 4.78 is 0. The lowest BCUT2D eigenvalue weighted by Gasteiger charge is -2.11. The third-order valence-corrected chi connectivity index (χ3v) is 1.37. The minimum Gasteiger partial charge on any atom is -0.350 e. The zero-order valence-electron chi connectivity index (χ0n) is 7.44. The van der Waals surface area contributed by atoms with E-state index in [-0.39, 0.29) is 5.82 Å². The van der Waals surface area contributed by atoms with Crippen LogP contribution in [0, 0.1) is 0 Å². The SMILES string of the molecule is NC(=O)N(N)c1cnn(N(N)C(N)=O)n1. The number of rotatable bonds is 2. The zero-order valence-corrected chi connectivity index (χ0v) is 7.44. The summed E-state index contributed by atoms with van der Waals surface area (Å²) >= 11 is 0. The molecular formula is C4H9N9O2. The highest BCUT2D eigenvalue weighted by Gasteiger charge is 2.15. The lowest BCUT2D eigenvalue weighted by Crippen LogP contribution is -2.51. The molecule has 1 aromatic rings. The molecule has 4 amide bonds. The Morgan fingerprint density at radius 3 is 2.33 bits per heavy atom. The first-order valence-electron chi connectivity index (χ1n) is 3.54. The fourth-order valence-electron chi connectivity index (χ4n) is 0.662. The molecule has 0 fully saturated rings. The number of carbonyl (C=O) groups is 2. The number of anilines is 1. The summed E-state index contributed by atoms with van der Waals surface area (Å²) in [6.07, 6.45) is 1.08. The van der Waals surface area contributed by atoms with Gasteiger partial charge in [0.05, 0.1) is 6.20 Å². The first-order valence-corrected chi connectivity index (χ1v) is 3.54. The van der Waals surface area contributed by atoms with Crippen molar-refractivity contribution in [2.75, 3.05) is 10.1 Å². The fraction of sp³-hybridized carbons (Fsp3) is 0. The van der Waals surface area contributed by atoms with Gasteiger partial charge in [-0.3, -0.25) is 0 Å². The van der Waals surface area contributed by atoms with Crippen LogP contribution in [-0.4, -0.2) is 27.2 Å². The number of hydrogen-bond acceptors (Lipinski definition) is 6. The second kappa shape index (κ2) is 3.77. The van der Waals surface area contributed by atoms with Gasteiger partial charge in [-0.05, 0) is 0 Å². The summed E-state index contributed by atoms with van der Waals surface area (Å²) in [5.41, 5.74) is 9.70.